The van der Waals surface area contributed by atoms with Gasteiger partial charge in [-0.25, -0.2) is 14.8 Å². The van der Waals surface area contributed by atoms with Crippen LogP contribution in [0.5, 0.6) is 0 Å². The summed E-state index contributed by atoms with van der Waals surface area (Å²) < 4.78 is 3.67. The van der Waals surface area contributed by atoms with E-state index in [4.69, 9.17) is 0 Å². The molecule has 0 spiro atoms. The first-order chi connectivity index (χ1) is 12.1. The number of hydrogen-bond acceptors (Lipinski definition) is 5. The van der Waals surface area contributed by atoms with Gasteiger partial charge in [-0.2, -0.15) is 0 Å². The van der Waals surface area contributed by atoms with Gasteiger partial charge < -0.3 is 9.88 Å². The van der Waals surface area contributed by atoms with Gasteiger partial charge in [0.25, 0.3) is 5.56 Å². The molecule has 1 fully saturated rings. The molecule has 0 unspecified atom stereocenters. The van der Waals surface area contributed by atoms with Crippen LogP contribution in [0, 0.1) is 0 Å². The number of fused-ring (bicyclic) bond motifs is 1. The van der Waals surface area contributed by atoms with E-state index in [1.54, 1.807) is 10.8 Å². The number of imidazole rings is 1. The van der Waals surface area contributed by atoms with Gasteiger partial charge in [0, 0.05) is 31.4 Å². The van der Waals surface area contributed by atoms with Crippen LogP contribution in [0.3, 0.4) is 0 Å². The maximum absolute atomic E-state index is 12.3. The Morgan fingerprint density at radius 1 is 1.32 bits per heavy atom. The Bertz CT molecular complexity index is 1040. The first-order valence-corrected chi connectivity index (χ1v) is 8.53. The Kier molecular flexibility index (Phi) is 3.67. The highest BCUT2D eigenvalue weighted by Crippen LogP contribution is 2.40. The first-order valence-electron chi connectivity index (χ1n) is 8.53. The zero-order valence-corrected chi connectivity index (χ0v) is 14.2. The number of anilines is 1. The molecule has 0 bridgehead atoms. The number of nitrogens with zero attached hydrogens (tertiary/aromatic N) is 4. The molecule has 0 radical (unpaired) electrons. The molecular formula is C17H20N6O2. The van der Waals surface area contributed by atoms with Crippen molar-refractivity contribution in [3.63, 3.8) is 0 Å². The second-order valence-corrected chi connectivity index (χ2v) is 6.30. The number of hydrogen-bond donors (Lipinski definition) is 2. The van der Waals surface area contributed by atoms with Crippen molar-refractivity contribution in [1.29, 1.82) is 0 Å². The lowest BCUT2D eigenvalue weighted by Crippen LogP contribution is -2.31. The zero-order valence-electron chi connectivity index (χ0n) is 14.2. The van der Waals surface area contributed by atoms with E-state index < -0.39 is 5.56 Å². The average Bonchev–Trinajstić information content (AvgIpc) is 3.38. The Morgan fingerprint density at radius 3 is 2.72 bits per heavy atom. The minimum absolute atomic E-state index is 0.272. The van der Waals surface area contributed by atoms with Gasteiger partial charge in [-0.15, -0.1) is 0 Å². The maximum Gasteiger partial charge on any atom is 0.330 e. The molecule has 1 aliphatic rings. The number of rotatable bonds is 5. The predicted octanol–water partition coefficient (Wildman–Crippen LogP) is 1.73. The number of pyridine rings is 1. The van der Waals surface area contributed by atoms with Crippen molar-refractivity contribution < 1.29 is 0 Å². The van der Waals surface area contributed by atoms with Crippen molar-refractivity contribution in [2.45, 2.75) is 38.8 Å². The topological polar surface area (TPSA) is 97.6 Å². The molecule has 1 aliphatic carbocycles. The van der Waals surface area contributed by atoms with E-state index in [0.29, 0.717) is 23.5 Å². The van der Waals surface area contributed by atoms with Crippen molar-refractivity contribution >= 4 is 17.0 Å². The van der Waals surface area contributed by atoms with E-state index in [9.17, 15) is 9.59 Å². The van der Waals surface area contributed by atoms with E-state index in [0.717, 1.165) is 30.6 Å². The van der Waals surface area contributed by atoms with Gasteiger partial charge in [-0.3, -0.25) is 14.3 Å². The summed E-state index contributed by atoms with van der Waals surface area (Å²) >= 11 is 0. The third-order valence-corrected chi connectivity index (χ3v) is 4.46. The smallest absolute Gasteiger partial charge is 0.330 e. The first kappa shape index (κ1) is 15.6. The van der Waals surface area contributed by atoms with Crippen LogP contribution >= 0.6 is 0 Å². The van der Waals surface area contributed by atoms with E-state index in [1.165, 1.54) is 0 Å². The normalized spacial score (nSPS) is 14.2. The number of aryl methyl sites for hydroxylation is 1. The van der Waals surface area contributed by atoms with Crippen LogP contribution in [0.25, 0.3) is 22.6 Å². The summed E-state index contributed by atoms with van der Waals surface area (Å²) in [7, 11) is 1.81. The largest absolute Gasteiger partial charge is 0.373 e. The second-order valence-electron chi connectivity index (χ2n) is 6.30. The summed E-state index contributed by atoms with van der Waals surface area (Å²) in [6.45, 7) is 2.55. The molecule has 0 atom stereocenters. The van der Waals surface area contributed by atoms with Crippen LogP contribution in [0.2, 0.25) is 0 Å². The van der Waals surface area contributed by atoms with E-state index >= 15 is 0 Å². The number of H-pyrrole nitrogens is 1. The van der Waals surface area contributed by atoms with Gasteiger partial charge in [-0.05, 0) is 31.4 Å². The van der Waals surface area contributed by atoms with Crippen molar-refractivity contribution in [1.82, 2.24) is 24.1 Å². The molecule has 2 N–H and O–H groups in total. The van der Waals surface area contributed by atoms with E-state index in [-0.39, 0.29) is 11.7 Å². The summed E-state index contributed by atoms with van der Waals surface area (Å²) in [5, 5.41) is 2.99. The predicted molar refractivity (Wildman–Crippen MR) is 96.0 cm³/mol. The van der Waals surface area contributed by atoms with Crippen LogP contribution in [0.1, 0.15) is 32.2 Å². The molecule has 0 amide bonds. The molecule has 0 aliphatic heterocycles. The average molecular weight is 340 g/mol. The molecule has 130 valence electrons. The van der Waals surface area contributed by atoms with Crippen molar-refractivity contribution in [3.8, 4) is 11.4 Å². The van der Waals surface area contributed by atoms with Crippen molar-refractivity contribution in [3.05, 3.63) is 39.2 Å². The number of aromatic amines is 1. The van der Waals surface area contributed by atoms with Crippen LogP contribution in [-0.4, -0.2) is 31.1 Å². The van der Waals surface area contributed by atoms with Gasteiger partial charge in [0.05, 0.1) is 0 Å². The standard InChI is InChI=1S/C17H20N6O2/c1-3-8-22-16-13(15(24)21-17(22)25)20-14(23(16)11-5-6-11)10-4-7-12(18-2)19-9-10/h4,7,9,11H,3,5-6,8H2,1-2H3,(H,18,19)(H,21,24,25). The Balaban J connectivity index is 2.03. The monoisotopic (exact) mass is 340 g/mol. The molecule has 3 aromatic heterocycles. The van der Waals surface area contributed by atoms with Gasteiger partial charge in [0.2, 0.25) is 0 Å². The fourth-order valence-corrected chi connectivity index (χ4v) is 3.14. The van der Waals surface area contributed by atoms with Crippen LogP contribution in [0.15, 0.2) is 27.9 Å². The number of aromatic nitrogens is 5. The molecule has 0 saturated heterocycles. The van der Waals surface area contributed by atoms with E-state index in [1.807, 2.05) is 30.7 Å². The molecule has 3 aromatic rings. The quantitative estimate of drug-likeness (QED) is 0.737. The van der Waals surface area contributed by atoms with Gasteiger partial charge in [0.1, 0.15) is 11.6 Å². The summed E-state index contributed by atoms with van der Waals surface area (Å²) in [5.74, 6) is 1.45. The zero-order chi connectivity index (χ0) is 17.6. The molecule has 8 heteroatoms. The highest BCUT2D eigenvalue weighted by molar-refractivity contribution is 5.77. The van der Waals surface area contributed by atoms with Crippen molar-refractivity contribution in [2.75, 3.05) is 12.4 Å². The molecule has 25 heavy (non-hydrogen) atoms. The number of nitrogens with one attached hydrogen (secondary N) is 2. The lowest BCUT2D eigenvalue weighted by Gasteiger charge is -2.11. The molecule has 1 saturated carbocycles. The Hall–Kier alpha value is -2.90. The lowest BCUT2D eigenvalue weighted by molar-refractivity contribution is 0.628. The summed E-state index contributed by atoms with van der Waals surface area (Å²) in [6, 6.07) is 4.07. The Labute approximate surface area is 143 Å². The molecule has 8 nitrogen and oxygen atoms in total. The van der Waals surface area contributed by atoms with E-state index in [2.05, 4.69) is 20.3 Å². The van der Waals surface area contributed by atoms with Crippen molar-refractivity contribution in [2.24, 2.45) is 0 Å². The van der Waals surface area contributed by atoms with Gasteiger partial charge in [0.15, 0.2) is 11.2 Å². The minimum atomic E-state index is -0.437. The van der Waals surface area contributed by atoms with Gasteiger partial charge >= 0.3 is 5.69 Å². The third kappa shape index (κ3) is 2.54. The van der Waals surface area contributed by atoms with Crippen LogP contribution in [0.4, 0.5) is 5.82 Å². The molecule has 4 rings (SSSR count). The summed E-state index contributed by atoms with van der Waals surface area (Å²) in [4.78, 5) is 36.0. The summed E-state index contributed by atoms with van der Waals surface area (Å²) in [5.41, 5.74) is 0.944. The lowest BCUT2D eigenvalue weighted by atomic mass is 10.2. The van der Waals surface area contributed by atoms with Crippen LogP contribution in [-0.2, 0) is 6.54 Å². The molecule has 3 heterocycles. The highest BCUT2D eigenvalue weighted by Gasteiger charge is 2.31. The second kappa shape index (κ2) is 5.87. The third-order valence-electron chi connectivity index (χ3n) is 4.46. The fourth-order valence-electron chi connectivity index (χ4n) is 3.14. The molecular weight excluding hydrogens is 320 g/mol. The van der Waals surface area contributed by atoms with Gasteiger partial charge in [-0.1, -0.05) is 6.92 Å². The SMILES string of the molecule is CCCn1c(=O)[nH]c(=O)c2nc(-c3ccc(NC)nc3)n(C3CC3)c21. The van der Waals surface area contributed by atoms with Crippen LogP contribution < -0.4 is 16.6 Å². The summed E-state index contributed by atoms with van der Waals surface area (Å²) in [6.07, 6.45) is 4.58. The minimum Gasteiger partial charge on any atom is -0.373 e. The maximum atomic E-state index is 12.3. The molecule has 0 aromatic carbocycles. The fraction of sp³-hybridized carbons (Fsp3) is 0.412. The Morgan fingerprint density at radius 2 is 2.12 bits per heavy atom. The highest BCUT2D eigenvalue weighted by atomic mass is 16.2.